The number of anilines is 1. The lowest BCUT2D eigenvalue weighted by molar-refractivity contribution is -0.149. The van der Waals surface area contributed by atoms with Crippen LogP contribution in [-0.4, -0.2) is 99.2 Å². The highest BCUT2D eigenvalue weighted by Gasteiger charge is 2.43. The molecular formula is C33H39N9O8. The van der Waals surface area contributed by atoms with E-state index in [2.05, 4.69) is 36.6 Å². The van der Waals surface area contributed by atoms with Crippen LogP contribution in [0.4, 0.5) is 5.69 Å². The first-order valence-corrected chi connectivity index (χ1v) is 15.9. The van der Waals surface area contributed by atoms with Gasteiger partial charge >= 0.3 is 5.97 Å². The molecule has 1 aliphatic rings. The van der Waals surface area contributed by atoms with E-state index in [-0.39, 0.29) is 31.1 Å². The second-order valence-corrected chi connectivity index (χ2v) is 11.6. The number of benzene rings is 2. The zero-order valence-electron chi connectivity index (χ0n) is 27.8. The molecule has 0 spiro atoms. The van der Waals surface area contributed by atoms with Gasteiger partial charge in [-0.05, 0) is 23.1 Å². The Morgan fingerprint density at radius 2 is 1.78 bits per heavy atom. The highest BCUT2D eigenvalue weighted by Crippen LogP contribution is 2.34. The first kappa shape index (κ1) is 36.8. The highest BCUT2D eigenvalue weighted by atomic mass is 16.5. The molecule has 0 bridgehead atoms. The van der Waals surface area contributed by atoms with E-state index in [1.165, 1.54) is 4.90 Å². The van der Waals surface area contributed by atoms with Crippen molar-refractivity contribution in [1.82, 2.24) is 41.5 Å². The minimum absolute atomic E-state index is 0.0197. The van der Waals surface area contributed by atoms with Crippen LogP contribution < -0.4 is 20.9 Å². The van der Waals surface area contributed by atoms with Crippen molar-refractivity contribution in [3.05, 3.63) is 71.5 Å². The third kappa shape index (κ3) is 9.12. The monoisotopic (exact) mass is 689 g/mol. The van der Waals surface area contributed by atoms with Crippen LogP contribution in [0.15, 0.2) is 54.6 Å². The summed E-state index contributed by atoms with van der Waals surface area (Å²) in [6.07, 6.45) is -1.12. The number of carbonyl (C=O) groups excluding carboxylic acids is 7. The summed E-state index contributed by atoms with van der Waals surface area (Å²) in [5.74, 6) is -4.96. The predicted molar refractivity (Wildman–Crippen MR) is 175 cm³/mol. The average Bonchev–Trinajstić information content (AvgIpc) is 3.79. The largest absolute Gasteiger partial charge is 0.469 e. The Labute approximate surface area is 287 Å². The smallest absolute Gasteiger partial charge is 0.308 e. The zero-order chi connectivity index (χ0) is 36.2. The number of amides is 5. The van der Waals surface area contributed by atoms with Gasteiger partial charge in [0.25, 0.3) is 5.91 Å². The van der Waals surface area contributed by atoms with Gasteiger partial charge in [-0.3, -0.25) is 38.5 Å². The molecule has 2 aromatic carbocycles. The number of hydrogen-bond donors (Lipinski definition) is 4. The van der Waals surface area contributed by atoms with Gasteiger partial charge in [0.2, 0.25) is 29.9 Å². The fourth-order valence-electron chi connectivity index (χ4n) is 5.53. The van der Waals surface area contributed by atoms with E-state index < -0.39 is 66.6 Å². The van der Waals surface area contributed by atoms with Gasteiger partial charge in [0.15, 0.2) is 5.82 Å². The summed E-state index contributed by atoms with van der Waals surface area (Å²) in [5, 5.41) is 20.9. The number of methoxy groups -OCH3 is 1. The molecule has 1 unspecified atom stereocenters. The molecule has 2 heterocycles. The fraction of sp³-hybridized carbons (Fsp3) is 0.394. The van der Waals surface area contributed by atoms with E-state index in [9.17, 15) is 33.6 Å². The molecule has 0 saturated heterocycles. The molecule has 17 nitrogen and oxygen atoms in total. The van der Waals surface area contributed by atoms with E-state index in [1.54, 1.807) is 61.5 Å². The number of Topliss-reactive ketones (excluding diaryl/α,β-unsaturated/α-hetero) is 1. The Hall–Kier alpha value is -6.00. The number of rotatable bonds is 17. The Kier molecular flexibility index (Phi) is 12.8. The molecule has 0 fully saturated rings. The number of hydrogen-bond acceptors (Lipinski definition) is 11. The Morgan fingerprint density at radius 3 is 2.44 bits per heavy atom. The summed E-state index contributed by atoms with van der Waals surface area (Å²) in [4.78, 5) is 93.9. The van der Waals surface area contributed by atoms with Crippen LogP contribution in [0.5, 0.6) is 0 Å². The molecule has 3 aromatic rings. The van der Waals surface area contributed by atoms with Crippen LogP contribution in [-0.2, 0) is 57.7 Å². The number of tetrazole rings is 1. The maximum Gasteiger partial charge on any atom is 0.308 e. The molecule has 264 valence electrons. The number of aromatic amines is 1. The van der Waals surface area contributed by atoms with Crippen molar-refractivity contribution in [2.75, 3.05) is 18.6 Å². The lowest BCUT2D eigenvalue weighted by Gasteiger charge is -2.37. The van der Waals surface area contributed by atoms with Crippen LogP contribution in [0.1, 0.15) is 43.6 Å². The molecule has 4 atom stereocenters. The van der Waals surface area contributed by atoms with Crippen molar-refractivity contribution < 1.29 is 38.3 Å². The fourth-order valence-corrected chi connectivity index (χ4v) is 5.53. The summed E-state index contributed by atoms with van der Waals surface area (Å²) in [6.45, 7) is 3.09. The summed E-state index contributed by atoms with van der Waals surface area (Å²) in [6, 6.07) is 13.0. The van der Waals surface area contributed by atoms with Crippen LogP contribution >= 0.6 is 0 Å². The Morgan fingerprint density at radius 1 is 1.06 bits per heavy atom. The molecule has 0 aliphatic carbocycles. The molecule has 0 radical (unpaired) electrons. The average molecular weight is 690 g/mol. The number of nitrogens with zero attached hydrogens (tertiary/aromatic N) is 5. The van der Waals surface area contributed by atoms with Crippen molar-refractivity contribution >= 4 is 47.5 Å². The molecular weight excluding hydrogens is 650 g/mol. The van der Waals surface area contributed by atoms with Crippen LogP contribution in [0, 0.1) is 5.92 Å². The van der Waals surface area contributed by atoms with Gasteiger partial charge in [-0.15, -0.1) is 10.2 Å². The van der Waals surface area contributed by atoms with E-state index in [0.29, 0.717) is 24.1 Å². The summed E-state index contributed by atoms with van der Waals surface area (Å²) in [5.41, 5.74) is 1.78. The van der Waals surface area contributed by atoms with Gasteiger partial charge in [0, 0.05) is 18.7 Å². The second kappa shape index (κ2) is 17.4. The maximum absolute atomic E-state index is 13.9. The minimum Gasteiger partial charge on any atom is -0.469 e. The van der Waals surface area contributed by atoms with Crippen molar-refractivity contribution in [1.29, 1.82) is 0 Å². The van der Waals surface area contributed by atoms with E-state index in [4.69, 9.17) is 4.74 Å². The number of nitrogens with one attached hydrogen (secondary N) is 4. The molecule has 1 aliphatic heterocycles. The standard InChI is InChI=1S/C33H39N9O8/c1-4-20(2)30(36-26(44)16-25-37-39-40-38-25)32(48)35-18-28(45)42-23-13-9-8-12-22(23)14-27(42)41(19-43)24(15-29(46)50-3)31(47)33(49)34-17-21-10-6-5-7-11-21/h5-13,19-20,24,27,30H,4,14-18H2,1-3H3,(H,34,49)(H,35,48)(H,36,44)(H,37,38,39,40)/t20-,24?,27-,30-/m0/s1. The molecule has 1 aromatic heterocycles. The first-order chi connectivity index (χ1) is 24.1. The number of H-pyrrole nitrogens is 1. The number of esters is 1. The maximum atomic E-state index is 13.9. The van der Waals surface area contributed by atoms with Crippen molar-refractivity contribution in [3.8, 4) is 0 Å². The molecule has 0 saturated carbocycles. The van der Waals surface area contributed by atoms with Gasteiger partial charge in [-0.25, -0.2) is 0 Å². The van der Waals surface area contributed by atoms with Gasteiger partial charge in [-0.1, -0.05) is 74.0 Å². The van der Waals surface area contributed by atoms with E-state index in [0.717, 1.165) is 17.6 Å². The number of aromatic nitrogens is 4. The van der Waals surface area contributed by atoms with Crippen molar-refractivity contribution in [2.24, 2.45) is 5.92 Å². The third-order valence-corrected chi connectivity index (χ3v) is 8.39. The molecule has 17 heteroatoms. The topological polar surface area (TPSA) is 226 Å². The quantitative estimate of drug-likeness (QED) is 0.0809. The van der Waals surface area contributed by atoms with E-state index >= 15 is 0 Å². The third-order valence-electron chi connectivity index (χ3n) is 8.39. The normalized spacial score (nSPS) is 15.1. The van der Waals surface area contributed by atoms with Gasteiger partial charge in [0.1, 0.15) is 18.2 Å². The summed E-state index contributed by atoms with van der Waals surface area (Å²) in [7, 11) is 1.11. The highest BCUT2D eigenvalue weighted by molar-refractivity contribution is 6.38. The van der Waals surface area contributed by atoms with E-state index in [1.807, 2.05) is 6.92 Å². The van der Waals surface area contributed by atoms with Crippen molar-refractivity contribution in [3.63, 3.8) is 0 Å². The summed E-state index contributed by atoms with van der Waals surface area (Å²) < 4.78 is 4.77. The molecule has 4 N–H and O–H groups in total. The molecule has 4 rings (SSSR count). The van der Waals surface area contributed by atoms with Crippen molar-refractivity contribution in [2.45, 2.75) is 64.3 Å². The predicted octanol–water partition coefficient (Wildman–Crippen LogP) is -0.420. The molecule has 50 heavy (non-hydrogen) atoms. The SMILES string of the molecule is CC[C@H](C)[C@H](NC(=O)Cc1nn[nH]n1)C(=O)NCC(=O)N1c2ccccc2C[C@H]1N(C=O)C(CC(=O)OC)C(=O)C(=O)NCc1ccccc1. The van der Waals surface area contributed by atoms with Crippen LogP contribution in [0.3, 0.4) is 0 Å². The van der Waals surface area contributed by atoms with Gasteiger partial charge in [-0.2, -0.15) is 5.21 Å². The number of fused-ring (bicyclic) bond motifs is 1. The Bertz CT molecular complexity index is 1690. The molecule has 5 amide bonds. The van der Waals surface area contributed by atoms with Gasteiger partial charge < -0.3 is 25.6 Å². The lowest BCUT2D eigenvalue weighted by Crippen LogP contribution is -2.59. The zero-order valence-corrected chi connectivity index (χ0v) is 27.8. The van der Waals surface area contributed by atoms with Crippen LogP contribution in [0.2, 0.25) is 0 Å². The number of ether oxygens (including phenoxy) is 1. The first-order valence-electron chi connectivity index (χ1n) is 15.9. The number of ketones is 1. The Balaban J connectivity index is 1.54. The van der Waals surface area contributed by atoms with Crippen LogP contribution in [0.25, 0.3) is 0 Å². The second-order valence-electron chi connectivity index (χ2n) is 11.6. The van der Waals surface area contributed by atoms with Gasteiger partial charge in [0.05, 0.1) is 26.5 Å². The minimum atomic E-state index is -1.62. The lowest BCUT2D eigenvalue weighted by atomic mass is 9.98. The summed E-state index contributed by atoms with van der Waals surface area (Å²) >= 11 is 0. The number of carbonyl (C=O) groups is 7. The number of para-hydroxylation sites is 1.